The highest BCUT2D eigenvalue weighted by Crippen LogP contribution is 2.32. The number of nitrogens with zero attached hydrogens (tertiary/aromatic N) is 3. The summed E-state index contributed by atoms with van der Waals surface area (Å²) in [6.07, 6.45) is 1.97. The lowest BCUT2D eigenvalue weighted by Gasteiger charge is -2.15. The zero-order valence-electron chi connectivity index (χ0n) is 15.6. The fourth-order valence-electron chi connectivity index (χ4n) is 3.17. The van der Waals surface area contributed by atoms with Crippen molar-refractivity contribution in [3.05, 3.63) is 53.9 Å². The summed E-state index contributed by atoms with van der Waals surface area (Å²) in [6, 6.07) is 10.7. The Bertz CT molecular complexity index is 981. The average Bonchev–Trinajstić information content (AvgIpc) is 3.13. The van der Waals surface area contributed by atoms with Gasteiger partial charge in [0.1, 0.15) is 0 Å². The lowest BCUT2D eigenvalue weighted by atomic mass is 9.97. The van der Waals surface area contributed by atoms with Crippen molar-refractivity contribution >= 4 is 11.6 Å². The first-order valence-electron chi connectivity index (χ1n) is 9.28. The number of aromatic nitrogens is 3. The molecule has 0 spiro atoms. The monoisotopic (exact) mass is 406 g/mol. The van der Waals surface area contributed by atoms with Crippen LogP contribution in [0.3, 0.4) is 0 Å². The number of alkyl halides is 3. The molecule has 2 aromatic heterocycles. The second kappa shape index (κ2) is 8.60. The molecule has 29 heavy (non-hydrogen) atoms. The van der Waals surface area contributed by atoms with Crippen LogP contribution in [0.5, 0.6) is 0 Å². The van der Waals surface area contributed by atoms with Gasteiger partial charge < -0.3 is 10.8 Å². The third kappa shape index (κ3) is 5.11. The molecule has 9 heteroatoms. The van der Waals surface area contributed by atoms with E-state index >= 15 is 0 Å². The van der Waals surface area contributed by atoms with Gasteiger partial charge in [-0.2, -0.15) is 18.3 Å². The van der Waals surface area contributed by atoms with Gasteiger partial charge in [0.05, 0.1) is 5.69 Å². The van der Waals surface area contributed by atoms with Gasteiger partial charge in [0.15, 0.2) is 17.0 Å². The number of fused-ring (bicyclic) bond motifs is 1. The molecule has 1 aliphatic carbocycles. The van der Waals surface area contributed by atoms with E-state index in [4.69, 9.17) is 10.8 Å². The molecule has 1 aliphatic rings. The van der Waals surface area contributed by atoms with Gasteiger partial charge in [-0.1, -0.05) is 49.6 Å². The van der Waals surface area contributed by atoms with Crippen LogP contribution in [0, 0.1) is 0 Å². The van der Waals surface area contributed by atoms with E-state index in [0.717, 1.165) is 12.1 Å². The minimum Gasteiger partial charge on any atom is -0.476 e. The first-order chi connectivity index (χ1) is 13.8. The molecule has 154 valence electrons. The van der Waals surface area contributed by atoms with Crippen LogP contribution in [0.1, 0.15) is 48.3 Å². The highest BCUT2D eigenvalue weighted by atomic mass is 19.4. The fourth-order valence-corrected chi connectivity index (χ4v) is 3.17. The second-order valence-electron chi connectivity index (χ2n) is 6.89. The van der Waals surface area contributed by atoms with Gasteiger partial charge >= 0.3 is 12.1 Å². The molecule has 0 amide bonds. The molecular weight excluding hydrogens is 385 g/mol. The Morgan fingerprint density at radius 1 is 1.10 bits per heavy atom. The highest BCUT2D eigenvalue weighted by molar-refractivity contribution is 5.86. The predicted molar refractivity (Wildman–Crippen MR) is 101 cm³/mol. The predicted octanol–water partition coefficient (Wildman–Crippen LogP) is 4.39. The van der Waals surface area contributed by atoms with Gasteiger partial charge in [0, 0.05) is 17.7 Å². The van der Waals surface area contributed by atoms with Crippen molar-refractivity contribution in [1.29, 1.82) is 0 Å². The van der Waals surface area contributed by atoms with Gasteiger partial charge in [-0.15, -0.1) is 0 Å². The molecule has 1 saturated carbocycles. The molecule has 0 saturated heterocycles. The maximum Gasteiger partial charge on any atom is 0.433 e. The van der Waals surface area contributed by atoms with E-state index in [2.05, 4.69) is 10.1 Å². The molecule has 0 atom stereocenters. The zero-order valence-corrected chi connectivity index (χ0v) is 15.6. The quantitative estimate of drug-likeness (QED) is 0.658. The Morgan fingerprint density at radius 2 is 1.76 bits per heavy atom. The maximum absolute atomic E-state index is 13.2. The Morgan fingerprint density at radius 3 is 2.28 bits per heavy atom. The number of hydrogen-bond donors (Lipinski definition) is 2. The van der Waals surface area contributed by atoms with Crippen LogP contribution in [-0.4, -0.2) is 31.7 Å². The number of hydrogen-bond acceptors (Lipinski definition) is 4. The zero-order chi connectivity index (χ0) is 21.0. The summed E-state index contributed by atoms with van der Waals surface area (Å²) >= 11 is 0. The molecule has 6 nitrogen and oxygen atoms in total. The molecule has 1 aromatic carbocycles. The summed E-state index contributed by atoms with van der Waals surface area (Å²) in [5.74, 6) is -1.42. The number of benzene rings is 1. The molecule has 3 aromatic rings. The largest absolute Gasteiger partial charge is 0.476 e. The molecule has 4 rings (SSSR count). The summed E-state index contributed by atoms with van der Waals surface area (Å²) in [6.45, 7) is 0. The SMILES string of the molecule is NC1CCCCC1.O=C(O)c1cc2nc(-c3ccccc3)cc(C(F)(F)F)n2n1. The van der Waals surface area contributed by atoms with Gasteiger partial charge in [-0.05, 0) is 18.9 Å². The van der Waals surface area contributed by atoms with E-state index in [0.29, 0.717) is 16.1 Å². The van der Waals surface area contributed by atoms with Gasteiger partial charge in [-0.25, -0.2) is 14.3 Å². The molecule has 0 radical (unpaired) electrons. The second-order valence-corrected chi connectivity index (χ2v) is 6.89. The van der Waals surface area contributed by atoms with Crippen molar-refractivity contribution in [3.63, 3.8) is 0 Å². The third-order valence-corrected chi connectivity index (χ3v) is 4.66. The standard InChI is InChI=1S/C14H8F3N3O2.C6H13N/c15-14(16,17)11-6-9(8-4-2-1-3-5-8)18-12-7-10(13(21)22)19-20(11)12;7-6-4-2-1-3-5-6/h1-7H,(H,21,22);6H,1-5,7H2. The first-order valence-corrected chi connectivity index (χ1v) is 9.28. The molecule has 1 fully saturated rings. The normalized spacial score (nSPS) is 15.0. The van der Waals surface area contributed by atoms with Crippen LogP contribution in [0.15, 0.2) is 42.5 Å². The molecule has 2 heterocycles. The lowest BCUT2D eigenvalue weighted by Crippen LogP contribution is -2.22. The molecule has 0 bridgehead atoms. The van der Waals surface area contributed by atoms with Crippen molar-refractivity contribution in [2.24, 2.45) is 5.73 Å². The number of nitrogens with two attached hydrogens (primary N) is 1. The first kappa shape index (κ1) is 20.8. The smallest absolute Gasteiger partial charge is 0.433 e. The third-order valence-electron chi connectivity index (χ3n) is 4.66. The summed E-state index contributed by atoms with van der Waals surface area (Å²) in [7, 11) is 0. The van der Waals surface area contributed by atoms with Crippen molar-refractivity contribution in [3.8, 4) is 11.3 Å². The van der Waals surface area contributed by atoms with Crippen LogP contribution in [0.2, 0.25) is 0 Å². The maximum atomic E-state index is 13.2. The van der Waals surface area contributed by atoms with E-state index in [1.807, 2.05) is 0 Å². The van der Waals surface area contributed by atoms with Crippen LogP contribution in [0.4, 0.5) is 13.2 Å². The number of carbonyl (C=O) groups is 1. The Labute approximate surface area is 165 Å². The van der Waals surface area contributed by atoms with Gasteiger partial charge in [-0.3, -0.25) is 0 Å². The van der Waals surface area contributed by atoms with E-state index in [1.165, 1.54) is 32.1 Å². The molecule has 0 aliphatic heterocycles. The van der Waals surface area contributed by atoms with Crippen molar-refractivity contribution < 1.29 is 23.1 Å². The van der Waals surface area contributed by atoms with Crippen molar-refractivity contribution in [2.75, 3.05) is 0 Å². The van der Waals surface area contributed by atoms with E-state index in [9.17, 15) is 18.0 Å². The Kier molecular flexibility index (Phi) is 6.17. The van der Waals surface area contributed by atoms with Crippen LogP contribution >= 0.6 is 0 Å². The van der Waals surface area contributed by atoms with Crippen molar-refractivity contribution in [1.82, 2.24) is 14.6 Å². The number of aromatic carboxylic acids is 1. The van der Waals surface area contributed by atoms with Crippen molar-refractivity contribution in [2.45, 2.75) is 44.3 Å². The Hall–Kier alpha value is -2.94. The number of rotatable bonds is 2. The van der Waals surface area contributed by atoms with Crippen LogP contribution in [0.25, 0.3) is 16.9 Å². The summed E-state index contributed by atoms with van der Waals surface area (Å²) in [5.41, 5.74) is 4.47. The van der Waals surface area contributed by atoms with E-state index in [1.54, 1.807) is 30.3 Å². The van der Waals surface area contributed by atoms with Crippen LogP contribution in [-0.2, 0) is 6.18 Å². The topological polar surface area (TPSA) is 93.5 Å². The number of carboxylic acids is 1. The Balaban J connectivity index is 0.000000290. The van der Waals surface area contributed by atoms with E-state index in [-0.39, 0.29) is 11.3 Å². The lowest BCUT2D eigenvalue weighted by molar-refractivity contribution is -0.142. The minimum atomic E-state index is -4.69. The fraction of sp³-hybridized carbons (Fsp3) is 0.350. The summed E-state index contributed by atoms with van der Waals surface area (Å²) in [4.78, 5) is 15.0. The molecule has 0 unspecified atom stereocenters. The number of halogens is 3. The minimum absolute atomic E-state index is 0.0947. The van der Waals surface area contributed by atoms with E-state index < -0.39 is 23.5 Å². The van der Waals surface area contributed by atoms with Crippen LogP contribution < -0.4 is 5.73 Å². The molecular formula is C20H21F3N4O2. The summed E-state index contributed by atoms with van der Waals surface area (Å²) in [5, 5.41) is 12.3. The molecule has 3 N–H and O–H groups in total. The number of carboxylic acid groups (broad SMARTS) is 1. The summed E-state index contributed by atoms with van der Waals surface area (Å²) < 4.78 is 40.1. The highest BCUT2D eigenvalue weighted by Gasteiger charge is 2.35. The average molecular weight is 406 g/mol. The van der Waals surface area contributed by atoms with Gasteiger partial charge in [0.25, 0.3) is 0 Å². The van der Waals surface area contributed by atoms with Gasteiger partial charge in [0.2, 0.25) is 0 Å².